The fourth-order valence-electron chi connectivity index (χ4n) is 2.00. The van der Waals surface area contributed by atoms with Crippen molar-refractivity contribution < 1.29 is 13.9 Å². The molecular formula is C13H14ClFO2. The molecule has 2 rings (SSSR count). The smallest absolute Gasteiger partial charge is 0.184 e. The Labute approximate surface area is 105 Å². The number of aryl methyl sites for hydroxylation is 1. The fourth-order valence-corrected chi connectivity index (χ4v) is 2.11. The summed E-state index contributed by atoms with van der Waals surface area (Å²) in [4.78, 5) is 11.9. The van der Waals surface area contributed by atoms with E-state index >= 15 is 0 Å². The molecule has 1 aliphatic rings. The van der Waals surface area contributed by atoms with Crippen LogP contribution in [-0.4, -0.2) is 17.8 Å². The average Bonchev–Trinajstić information content (AvgIpc) is 2.51. The van der Waals surface area contributed by atoms with Gasteiger partial charge in [-0.15, -0.1) is 11.6 Å². The van der Waals surface area contributed by atoms with Gasteiger partial charge in [0.05, 0.1) is 17.5 Å². The molecule has 92 valence electrons. The minimum absolute atomic E-state index is 0.268. The highest BCUT2D eigenvalue weighted by Crippen LogP contribution is 2.31. The van der Waals surface area contributed by atoms with E-state index in [0.29, 0.717) is 12.4 Å². The molecule has 17 heavy (non-hydrogen) atoms. The largest absolute Gasteiger partial charge is 0.493 e. The Hall–Kier alpha value is -1.09. The zero-order valence-corrected chi connectivity index (χ0v) is 10.4. The maximum absolute atomic E-state index is 13.5. The SMILES string of the molecule is CC(Cl)C(=O)c1cc(F)cc2c1OCCCC2. The van der Waals surface area contributed by atoms with Crippen molar-refractivity contribution in [3.8, 4) is 5.75 Å². The van der Waals surface area contributed by atoms with Gasteiger partial charge in [0.1, 0.15) is 11.6 Å². The maximum atomic E-state index is 13.5. The van der Waals surface area contributed by atoms with Gasteiger partial charge in [0.25, 0.3) is 0 Å². The lowest BCUT2D eigenvalue weighted by Crippen LogP contribution is -2.13. The van der Waals surface area contributed by atoms with Gasteiger partial charge in [-0.3, -0.25) is 4.79 Å². The molecule has 4 heteroatoms. The summed E-state index contributed by atoms with van der Waals surface area (Å²) in [6, 6.07) is 2.65. The van der Waals surface area contributed by atoms with E-state index in [1.165, 1.54) is 12.1 Å². The number of hydrogen-bond donors (Lipinski definition) is 0. The van der Waals surface area contributed by atoms with Crippen LogP contribution in [0.25, 0.3) is 0 Å². The van der Waals surface area contributed by atoms with Crippen molar-refractivity contribution in [3.05, 3.63) is 29.1 Å². The lowest BCUT2D eigenvalue weighted by atomic mass is 10.0. The number of ketones is 1. The van der Waals surface area contributed by atoms with Crippen LogP contribution in [0.15, 0.2) is 12.1 Å². The van der Waals surface area contributed by atoms with Crippen LogP contribution in [0.2, 0.25) is 0 Å². The van der Waals surface area contributed by atoms with Gasteiger partial charge in [-0.05, 0) is 43.9 Å². The third kappa shape index (κ3) is 2.60. The van der Waals surface area contributed by atoms with Crippen LogP contribution in [0.3, 0.4) is 0 Å². The van der Waals surface area contributed by atoms with Crippen molar-refractivity contribution >= 4 is 17.4 Å². The summed E-state index contributed by atoms with van der Waals surface area (Å²) in [6.45, 7) is 2.15. The molecule has 1 unspecified atom stereocenters. The molecule has 0 saturated heterocycles. The number of carbonyl (C=O) groups excluding carboxylic acids is 1. The molecule has 1 aromatic rings. The number of alkyl halides is 1. The highest BCUT2D eigenvalue weighted by molar-refractivity contribution is 6.34. The van der Waals surface area contributed by atoms with Crippen molar-refractivity contribution in [2.75, 3.05) is 6.61 Å². The van der Waals surface area contributed by atoms with E-state index in [1.807, 2.05) is 0 Å². The monoisotopic (exact) mass is 256 g/mol. The topological polar surface area (TPSA) is 26.3 Å². The first-order chi connectivity index (χ1) is 8.09. The maximum Gasteiger partial charge on any atom is 0.184 e. The second-order valence-electron chi connectivity index (χ2n) is 4.23. The van der Waals surface area contributed by atoms with Crippen LogP contribution in [0.5, 0.6) is 5.75 Å². The summed E-state index contributed by atoms with van der Waals surface area (Å²) in [5, 5.41) is -0.673. The number of halogens is 2. The summed E-state index contributed by atoms with van der Waals surface area (Å²) in [5.74, 6) is -0.180. The molecule has 0 aromatic heterocycles. The lowest BCUT2D eigenvalue weighted by molar-refractivity contribution is 0.0987. The molecule has 1 atom stereocenters. The van der Waals surface area contributed by atoms with Crippen LogP contribution in [0.1, 0.15) is 35.7 Å². The average molecular weight is 257 g/mol. The number of ether oxygens (including phenoxy) is 1. The van der Waals surface area contributed by atoms with Crippen molar-refractivity contribution in [1.29, 1.82) is 0 Å². The molecule has 1 aromatic carbocycles. The third-order valence-corrected chi connectivity index (χ3v) is 3.04. The molecule has 1 heterocycles. The Morgan fingerprint density at radius 1 is 1.47 bits per heavy atom. The zero-order chi connectivity index (χ0) is 12.4. The summed E-state index contributed by atoms with van der Waals surface area (Å²) < 4.78 is 19.0. The molecular weight excluding hydrogens is 243 g/mol. The molecule has 0 amide bonds. The first kappa shape index (κ1) is 12.4. The van der Waals surface area contributed by atoms with Crippen molar-refractivity contribution in [2.24, 2.45) is 0 Å². The summed E-state index contributed by atoms with van der Waals surface area (Å²) in [6.07, 6.45) is 2.60. The van der Waals surface area contributed by atoms with Gasteiger partial charge in [0, 0.05) is 0 Å². The zero-order valence-electron chi connectivity index (χ0n) is 9.63. The number of fused-ring (bicyclic) bond motifs is 1. The standard InChI is InChI=1S/C13H14ClFO2/c1-8(14)12(16)11-7-10(15)6-9-4-2-3-5-17-13(9)11/h6-8H,2-5H2,1H3. The van der Waals surface area contributed by atoms with Crippen molar-refractivity contribution in [2.45, 2.75) is 31.6 Å². The lowest BCUT2D eigenvalue weighted by Gasteiger charge is -2.13. The molecule has 0 saturated carbocycles. The van der Waals surface area contributed by atoms with Gasteiger partial charge < -0.3 is 4.74 Å². The van der Waals surface area contributed by atoms with Crippen molar-refractivity contribution in [3.63, 3.8) is 0 Å². The van der Waals surface area contributed by atoms with Gasteiger partial charge in [-0.1, -0.05) is 0 Å². The van der Waals surface area contributed by atoms with Crippen molar-refractivity contribution in [1.82, 2.24) is 0 Å². The van der Waals surface area contributed by atoms with Crippen LogP contribution in [-0.2, 0) is 6.42 Å². The minimum Gasteiger partial charge on any atom is -0.493 e. The molecule has 0 N–H and O–H groups in total. The summed E-state index contributed by atoms with van der Waals surface area (Å²) in [5.41, 5.74) is 1.03. The van der Waals surface area contributed by atoms with Crippen LogP contribution >= 0.6 is 11.6 Å². The number of hydrogen-bond acceptors (Lipinski definition) is 2. The number of carbonyl (C=O) groups is 1. The van der Waals surface area contributed by atoms with Gasteiger partial charge in [-0.2, -0.15) is 0 Å². The molecule has 2 nitrogen and oxygen atoms in total. The van der Waals surface area contributed by atoms with E-state index in [2.05, 4.69) is 0 Å². The third-order valence-electron chi connectivity index (χ3n) is 2.84. The molecule has 0 radical (unpaired) electrons. The molecule has 0 bridgehead atoms. The Morgan fingerprint density at radius 2 is 2.24 bits per heavy atom. The summed E-state index contributed by atoms with van der Waals surface area (Å²) in [7, 11) is 0. The molecule has 0 spiro atoms. The van der Waals surface area contributed by atoms with E-state index in [1.54, 1.807) is 6.92 Å². The first-order valence-electron chi connectivity index (χ1n) is 5.73. The van der Waals surface area contributed by atoms with Crippen LogP contribution < -0.4 is 4.74 Å². The van der Waals surface area contributed by atoms with Crippen LogP contribution in [0.4, 0.5) is 4.39 Å². The second kappa shape index (κ2) is 5.05. The Bertz CT molecular complexity index is 443. The molecule has 0 fully saturated rings. The van der Waals surface area contributed by atoms with E-state index < -0.39 is 11.2 Å². The number of rotatable bonds is 2. The minimum atomic E-state index is -0.673. The fraction of sp³-hybridized carbons (Fsp3) is 0.462. The molecule has 0 aliphatic carbocycles. The number of benzene rings is 1. The van der Waals surface area contributed by atoms with E-state index in [9.17, 15) is 9.18 Å². The van der Waals surface area contributed by atoms with Gasteiger partial charge in [-0.25, -0.2) is 4.39 Å². The Morgan fingerprint density at radius 3 is 2.94 bits per heavy atom. The summed E-state index contributed by atoms with van der Waals surface area (Å²) >= 11 is 5.77. The predicted molar refractivity (Wildman–Crippen MR) is 64.5 cm³/mol. The Kier molecular flexibility index (Phi) is 3.67. The van der Waals surface area contributed by atoms with E-state index in [4.69, 9.17) is 16.3 Å². The highest BCUT2D eigenvalue weighted by Gasteiger charge is 2.22. The number of Topliss-reactive ketones (excluding diaryl/α,β-unsaturated/α-hetero) is 1. The quantitative estimate of drug-likeness (QED) is 0.599. The van der Waals surface area contributed by atoms with Crippen LogP contribution in [0, 0.1) is 5.82 Å². The Balaban J connectivity index is 2.50. The highest BCUT2D eigenvalue weighted by atomic mass is 35.5. The normalized spacial score (nSPS) is 16.6. The van der Waals surface area contributed by atoms with Gasteiger partial charge in [0.15, 0.2) is 5.78 Å². The first-order valence-corrected chi connectivity index (χ1v) is 6.16. The molecule has 1 aliphatic heterocycles. The van der Waals surface area contributed by atoms with E-state index in [0.717, 1.165) is 24.8 Å². The van der Waals surface area contributed by atoms with Gasteiger partial charge >= 0.3 is 0 Å². The van der Waals surface area contributed by atoms with E-state index in [-0.39, 0.29) is 11.3 Å². The predicted octanol–water partition coefficient (Wildman–Crippen LogP) is 3.35. The van der Waals surface area contributed by atoms with Gasteiger partial charge in [0.2, 0.25) is 0 Å². The second-order valence-corrected chi connectivity index (χ2v) is 4.88.